The molecule has 0 N–H and O–H groups in total. The first kappa shape index (κ1) is 67.7. The number of rotatable bonds is 2. The fraction of sp³-hybridized carbons (Fsp3) is 0. The van der Waals surface area contributed by atoms with Gasteiger partial charge in [-0.3, -0.25) is 0 Å². The molecule has 4 radical (unpaired) electrons. The maximum Gasteiger partial charge on any atom is 4.00 e. The number of halogens is 6. The minimum absolute atomic E-state index is 0. The van der Waals surface area contributed by atoms with Crippen molar-refractivity contribution in [2.75, 3.05) is 0 Å². The molecular weight excluding hydrogens is 1110 g/mol. The average molecular weight is 1110 g/mol. The van der Waals surface area contributed by atoms with Gasteiger partial charge in [0.25, 0.3) is 0 Å². The Kier molecular flexibility index (Phi) is 139. The Labute approximate surface area is 309 Å². The number of hydrogen-bond donors (Lipinski definition) is 0. The van der Waals surface area contributed by atoms with Gasteiger partial charge in [-0.1, -0.05) is 0 Å². The summed E-state index contributed by atoms with van der Waals surface area (Å²) in [7, 11) is -10.4. The van der Waals surface area contributed by atoms with Crippen LogP contribution in [0.15, 0.2) is 0 Å². The van der Waals surface area contributed by atoms with Gasteiger partial charge in [-0.2, -0.15) is 0 Å². The fourth-order valence-electron chi connectivity index (χ4n) is 0.0581. The van der Waals surface area contributed by atoms with Gasteiger partial charge in [0.05, 0.1) is 64.7 Å². The largest absolute Gasteiger partial charge is 4.00 e. The van der Waals surface area contributed by atoms with E-state index in [9.17, 15) is 0 Å². The summed E-state index contributed by atoms with van der Waals surface area (Å²) < 4.78 is 151. The summed E-state index contributed by atoms with van der Waals surface area (Å²) in [5.74, 6) is 0. The molecule has 0 saturated carbocycles. The van der Waals surface area contributed by atoms with Crippen molar-refractivity contribution in [2.24, 2.45) is 0 Å². The fourth-order valence-corrected chi connectivity index (χ4v) is 4.59. The van der Waals surface area contributed by atoms with Crippen LogP contribution in [0.5, 0.6) is 0 Å². The van der Waals surface area contributed by atoms with E-state index in [4.69, 9.17) is 94.4 Å². The molecule has 0 aliphatic carbocycles. The third-order valence-electron chi connectivity index (χ3n) is 0.175. The molecule has 0 aliphatic heterocycles. The van der Waals surface area contributed by atoms with E-state index in [-0.39, 0.29) is 77.6 Å². The molecule has 0 spiro atoms. The molecule has 200 valence electrons. The van der Waals surface area contributed by atoms with Crippen LogP contribution >= 0.6 is 25.8 Å². The number of nitriles is 2. The molecule has 0 atom stereocenters. The predicted octanol–water partition coefficient (Wildman–Crippen LogP) is -23.2. The van der Waals surface area contributed by atoms with Crippen molar-refractivity contribution in [2.45, 2.75) is 0 Å². The van der Waals surface area contributed by atoms with Crippen LogP contribution in [0.3, 0.4) is 0 Å². The van der Waals surface area contributed by atoms with Crippen LogP contribution in [-0.4, -0.2) is 42.3 Å². The molecule has 0 fully saturated rings. The normalized spacial score (nSPS) is 7.60. The first-order valence-corrected chi connectivity index (χ1v) is 24.4. The molecular formula is C2Cl6KN2O18PbS3SbZr. The van der Waals surface area contributed by atoms with Crippen molar-refractivity contribution in [1.29, 1.82) is 10.5 Å². The van der Waals surface area contributed by atoms with E-state index in [2.05, 4.69) is 9.19 Å². The number of nitrogens with zero attached hydrogens (tertiary/aromatic N) is 2. The zero-order valence-electron chi connectivity index (χ0n) is 15.2. The van der Waals surface area contributed by atoms with Crippen molar-refractivity contribution < 1.29 is 226 Å². The van der Waals surface area contributed by atoms with Crippen LogP contribution in [0.1, 0.15) is 0 Å². The standard InChI is InChI=1S/2CHNS.6ClO3.K.Pb.S.Sb.Zr/c2*2-1-3;6*2-1(3)4;;;;;/h2*3H;;;;;;;;;;;/q;;6*-1;+1;+2;;+1;+4/p-2. The van der Waals surface area contributed by atoms with Crippen molar-refractivity contribution >= 4 is 68.1 Å². The molecule has 0 heterocycles. The Morgan fingerprint density at radius 2 is 0.571 bits per heavy atom. The Bertz CT molecular complexity index is 318. The molecule has 0 aromatic heterocycles. The van der Waals surface area contributed by atoms with E-state index in [0.29, 0.717) is 0 Å². The molecule has 0 aliphatic rings. The summed E-state index contributed by atoms with van der Waals surface area (Å²) in [5.41, 5.74) is 0. The second-order valence-electron chi connectivity index (χ2n) is 1.60. The molecule has 35 heavy (non-hydrogen) atoms. The molecule has 0 saturated heterocycles. The van der Waals surface area contributed by atoms with Gasteiger partial charge in [0, 0.05) is 0 Å². The van der Waals surface area contributed by atoms with Gasteiger partial charge in [-0.05, 0) is 0 Å². The minimum atomic E-state index is -2.85. The van der Waals surface area contributed by atoms with E-state index < -0.39 is 85.9 Å². The summed E-state index contributed by atoms with van der Waals surface area (Å²) in [6.45, 7) is 0. The minimum Gasteiger partial charge on any atom is 4.00 e. The molecule has 33 heteroatoms. The average Bonchev–Trinajstić information content (AvgIpc) is 2.54. The quantitative estimate of drug-likeness (QED) is 0.141. The van der Waals surface area contributed by atoms with Crippen LogP contribution in [0, 0.1) is 86.0 Å². The van der Waals surface area contributed by atoms with E-state index in [1.165, 1.54) is 37.7 Å². The van der Waals surface area contributed by atoms with E-state index in [1.807, 2.05) is 10.8 Å². The molecule has 0 aromatic carbocycles. The van der Waals surface area contributed by atoms with E-state index in [0.717, 1.165) is 0 Å². The van der Waals surface area contributed by atoms with E-state index in [1.54, 1.807) is 0 Å². The van der Waals surface area contributed by atoms with Gasteiger partial charge in [0.1, 0.15) is 0 Å². The number of thiocyanates is 2. The van der Waals surface area contributed by atoms with E-state index >= 15 is 0 Å². The summed E-state index contributed by atoms with van der Waals surface area (Å²) in [6, 6.07) is 0. The monoisotopic (exact) mass is 1100 g/mol. The topological polar surface area (TPSA) is 463 Å². The van der Waals surface area contributed by atoms with Crippen LogP contribution < -0.4 is 135 Å². The van der Waals surface area contributed by atoms with Gasteiger partial charge in [0.15, 0.2) is 0 Å². The Morgan fingerprint density at radius 3 is 0.629 bits per heavy atom. The smallest absolute Gasteiger partial charge is 4.00 e. The second kappa shape index (κ2) is 71.9. The third-order valence-corrected chi connectivity index (χ3v) is 8.98. The van der Waals surface area contributed by atoms with Gasteiger partial charge in [-0.15, -0.1) is 0 Å². The van der Waals surface area contributed by atoms with Crippen LogP contribution in [0.25, 0.3) is 0 Å². The summed E-state index contributed by atoms with van der Waals surface area (Å²) in [4.78, 5) is 0. The van der Waals surface area contributed by atoms with Crippen molar-refractivity contribution in [3.63, 3.8) is 0 Å². The first-order chi connectivity index (χ1) is 14.8. The molecule has 20 nitrogen and oxygen atoms in total. The number of hydrogen-bond acceptors (Lipinski definition) is 23. The molecule has 0 aromatic rings. The SMILES string of the molecule is N#C[S][Pb][S]C#N.[K+].[O-][Cl+2]([O-])[O-].[O-][Cl+2]([O-])[O-].[O-][Cl+2]([O-])[O-].[O-][Cl+2]([O-])[O-].[O-][Cl+2]([O-])[O-].[O-][Cl+2]([O-])[O-].[S]=[Sb+].[Zr+4]. The maximum absolute atomic E-state index is 8.41. The van der Waals surface area contributed by atoms with Gasteiger partial charge in [0.2, 0.25) is 0 Å². The van der Waals surface area contributed by atoms with Crippen molar-refractivity contribution in [3.05, 3.63) is 0 Å². The summed E-state index contributed by atoms with van der Waals surface area (Å²) >= 11 is 0.445. The Hall–Kier alpha value is 5.18. The maximum atomic E-state index is 8.41. The second-order valence-corrected chi connectivity index (χ2v) is 15.9. The summed E-state index contributed by atoms with van der Waals surface area (Å²) in [5, 5.41) is 19.7. The molecule has 0 unspecified atom stereocenters. The van der Waals surface area contributed by atoms with Crippen LogP contribution in [0.4, 0.5) is 0 Å². The van der Waals surface area contributed by atoms with Crippen LogP contribution in [-0.2, 0) is 26.2 Å². The zero-order chi connectivity index (χ0) is 29.0. The summed E-state index contributed by atoms with van der Waals surface area (Å²) in [6.07, 6.45) is 0. The molecule has 0 bridgehead atoms. The zero-order valence-corrected chi connectivity index (χ0v) is 34.2. The Balaban J connectivity index is -0.0000000258. The predicted molar refractivity (Wildman–Crippen MR) is 45.5 cm³/mol. The van der Waals surface area contributed by atoms with Crippen LogP contribution in [0.2, 0.25) is 0 Å². The van der Waals surface area contributed by atoms with Gasteiger partial charge < -0.3 is 83.9 Å². The molecule has 0 rings (SSSR count). The van der Waals surface area contributed by atoms with Crippen molar-refractivity contribution in [1.82, 2.24) is 0 Å². The van der Waals surface area contributed by atoms with Crippen molar-refractivity contribution in [3.8, 4) is 10.8 Å². The molecule has 0 amide bonds. The van der Waals surface area contributed by atoms with Gasteiger partial charge in [-0.25, -0.2) is 0 Å². The van der Waals surface area contributed by atoms with Gasteiger partial charge >= 0.3 is 167 Å². The third kappa shape index (κ3) is 643. The Morgan fingerprint density at radius 1 is 0.486 bits per heavy atom. The first-order valence-electron chi connectivity index (χ1n) is 4.22.